The zero-order chi connectivity index (χ0) is 27.0. The highest BCUT2D eigenvalue weighted by Crippen LogP contribution is 2.12. The van der Waals surface area contributed by atoms with Crippen molar-refractivity contribution in [3.63, 3.8) is 0 Å². The average molecular weight is 530 g/mol. The van der Waals surface area contributed by atoms with Gasteiger partial charge in [-0.25, -0.2) is 0 Å². The molecule has 0 bridgehead atoms. The molecule has 2 rings (SSSR count). The van der Waals surface area contributed by atoms with E-state index in [0.29, 0.717) is 31.7 Å². The van der Waals surface area contributed by atoms with Gasteiger partial charge in [-0.05, 0) is 61.1 Å². The van der Waals surface area contributed by atoms with E-state index in [1.807, 2.05) is 36.6 Å². The summed E-state index contributed by atoms with van der Waals surface area (Å²) >= 11 is 1.56. The molecule has 37 heavy (non-hydrogen) atoms. The smallest absolute Gasteiger partial charge is 0.243 e. The monoisotopic (exact) mass is 529 g/mol. The van der Waals surface area contributed by atoms with E-state index in [9.17, 15) is 19.5 Å². The predicted octanol–water partition coefficient (Wildman–Crippen LogP) is 1.43. The number of amides is 3. The number of nitrogens with two attached hydrogens (primary N) is 2. The molecule has 3 atom stereocenters. The molecule has 0 saturated heterocycles. The Morgan fingerprint density at radius 3 is 2.19 bits per heavy atom. The van der Waals surface area contributed by atoms with Crippen LogP contribution in [0.1, 0.15) is 36.8 Å². The molecule has 0 radical (unpaired) electrons. The van der Waals surface area contributed by atoms with Crippen molar-refractivity contribution < 1.29 is 19.5 Å². The van der Waals surface area contributed by atoms with Crippen molar-refractivity contribution in [3.05, 3.63) is 65.7 Å². The average Bonchev–Trinajstić information content (AvgIpc) is 2.90. The van der Waals surface area contributed by atoms with E-state index in [4.69, 9.17) is 11.5 Å². The fourth-order valence-corrected chi connectivity index (χ4v) is 4.15. The Bertz CT molecular complexity index is 975. The normalized spacial score (nSPS) is 13.3. The molecule has 0 aliphatic rings. The number of hydrogen-bond acceptors (Lipinski definition) is 7. The number of carbonyl (C=O) groups is 3. The van der Waals surface area contributed by atoms with Crippen LogP contribution in [0.4, 0.5) is 0 Å². The zero-order valence-electron chi connectivity index (χ0n) is 21.3. The lowest BCUT2D eigenvalue weighted by Gasteiger charge is -2.24. The molecule has 3 amide bonds. The van der Waals surface area contributed by atoms with Gasteiger partial charge >= 0.3 is 0 Å². The van der Waals surface area contributed by atoms with Gasteiger partial charge < -0.3 is 32.5 Å². The largest absolute Gasteiger partial charge is 0.508 e. The van der Waals surface area contributed by atoms with Gasteiger partial charge in [-0.1, -0.05) is 48.9 Å². The second kappa shape index (κ2) is 16.6. The predicted molar refractivity (Wildman–Crippen MR) is 148 cm³/mol. The number of carbonyl (C=O) groups excluding carboxylic acids is 3. The van der Waals surface area contributed by atoms with E-state index in [1.165, 1.54) is 12.1 Å². The summed E-state index contributed by atoms with van der Waals surface area (Å²) in [6.07, 6.45) is 4.50. The minimum absolute atomic E-state index is 0.112. The third kappa shape index (κ3) is 11.2. The van der Waals surface area contributed by atoms with Gasteiger partial charge in [0.15, 0.2) is 0 Å². The molecule has 2 aromatic carbocycles. The third-order valence-corrected chi connectivity index (χ3v) is 6.51. The zero-order valence-corrected chi connectivity index (χ0v) is 22.1. The number of benzene rings is 2. The Balaban J connectivity index is 2.12. The molecule has 0 unspecified atom stereocenters. The van der Waals surface area contributed by atoms with E-state index in [-0.39, 0.29) is 18.1 Å². The van der Waals surface area contributed by atoms with Crippen LogP contribution in [0.25, 0.3) is 0 Å². The molecule has 202 valence electrons. The molecule has 0 fully saturated rings. The lowest BCUT2D eigenvalue weighted by atomic mass is 10.0. The molecule has 2 aromatic rings. The Labute approximate surface area is 223 Å². The maximum Gasteiger partial charge on any atom is 0.243 e. The van der Waals surface area contributed by atoms with E-state index in [0.717, 1.165) is 24.0 Å². The maximum absolute atomic E-state index is 13.3. The van der Waals surface area contributed by atoms with E-state index in [1.54, 1.807) is 23.9 Å². The van der Waals surface area contributed by atoms with Gasteiger partial charge in [-0.2, -0.15) is 11.8 Å². The van der Waals surface area contributed by atoms with Crippen molar-refractivity contribution in [1.29, 1.82) is 0 Å². The first-order chi connectivity index (χ1) is 17.8. The number of hydrogen-bond donors (Lipinski definition) is 6. The Morgan fingerprint density at radius 2 is 1.54 bits per heavy atom. The summed E-state index contributed by atoms with van der Waals surface area (Å²) in [4.78, 5) is 39.1. The standard InChI is InChI=1S/C27H39N5O4S/c1-37-16-14-23(31-25(34)22(29)9-5-6-15-28)27(36)32-24(17-19-10-12-21(33)13-11-19)26(35)30-18-20-7-3-2-4-8-20/h2-4,7-8,10-13,22-24,33H,5-6,9,14-18,28-29H2,1H3,(H,30,35)(H,31,34)(H,32,36)/t22-,23-,24-/m0/s1. The van der Waals surface area contributed by atoms with Crippen molar-refractivity contribution in [1.82, 2.24) is 16.0 Å². The molecule has 0 aliphatic heterocycles. The Hall–Kier alpha value is -3.08. The van der Waals surface area contributed by atoms with E-state index < -0.39 is 29.9 Å². The minimum Gasteiger partial charge on any atom is -0.508 e. The summed E-state index contributed by atoms with van der Waals surface area (Å²) in [5.74, 6) is -0.444. The highest BCUT2D eigenvalue weighted by Gasteiger charge is 2.28. The van der Waals surface area contributed by atoms with Crippen LogP contribution in [0.15, 0.2) is 54.6 Å². The van der Waals surface area contributed by atoms with E-state index in [2.05, 4.69) is 16.0 Å². The van der Waals surface area contributed by atoms with Crippen LogP contribution in [-0.4, -0.2) is 59.5 Å². The van der Waals surface area contributed by atoms with Gasteiger partial charge in [0.25, 0.3) is 0 Å². The SMILES string of the molecule is CSCC[C@H](NC(=O)[C@@H](N)CCCCN)C(=O)N[C@@H](Cc1ccc(O)cc1)C(=O)NCc1ccccc1. The molecule has 8 N–H and O–H groups in total. The number of nitrogens with one attached hydrogen (secondary N) is 3. The highest BCUT2D eigenvalue weighted by atomic mass is 32.2. The van der Waals surface area contributed by atoms with Crippen molar-refractivity contribution >= 4 is 29.5 Å². The van der Waals surface area contributed by atoms with Crippen molar-refractivity contribution in [3.8, 4) is 5.75 Å². The van der Waals surface area contributed by atoms with Crippen LogP contribution in [0, 0.1) is 0 Å². The highest BCUT2D eigenvalue weighted by molar-refractivity contribution is 7.98. The topological polar surface area (TPSA) is 160 Å². The minimum atomic E-state index is -0.882. The first-order valence-electron chi connectivity index (χ1n) is 12.5. The van der Waals surface area contributed by atoms with Gasteiger partial charge in [0, 0.05) is 13.0 Å². The molecular weight excluding hydrogens is 490 g/mol. The number of aromatic hydroxyl groups is 1. The summed E-state index contributed by atoms with van der Waals surface area (Å²) in [5, 5.41) is 18.1. The Morgan fingerprint density at radius 1 is 0.865 bits per heavy atom. The van der Waals surface area contributed by atoms with Gasteiger partial charge in [0.2, 0.25) is 17.7 Å². The van der Waals surface area contributed by atoms with Gasteiger partial charge in [-0.15, -0.1) is 0 Å². The van der Waals surface area contributed by atoms with Crippen LogP contribution in [0.3, 0.4) is 0 Å². The number of thioether (sulfide) groups is 1. The second-order valence-corrected chi connectivity index (χ2v) is 9.85. The number of phenolic OH excluding ortho intramolecular Hbond substituents is 1. The summed E-state index contributed by atoms with van der Waals surface area (Å²) in [6.45, 7) is 0.841. The van der Waals surface area contributed by atoms with Crippen LogP contribution in [0.2, 0.25) is 0 Å². The molecule has 0 heterocycles. The number of rotatable bonds is 16. The number of unbranched alkanes of at least 4 members (excludes halogenated alkanes) is 1. The number of phenols is 1. The van der Waals surface area contributed by atoms with Crippen molar-refractivity contribution in [2.24, 2.45) is 11.5 Å². The van der Waals surface area contributed by atoms with Crippen LogP contribution in [0.5, 0.6) is 5.75 Å². The fourth-order valence-electron chi connectivity index (χ4n) is 3.68. The molecule has 9 nitrogen and oxygen atoms in total. The summed E-state index contributed by atoms with van der Waals surface area (Å²) in [5.41, 5.74) is 13.2. The first kappa shape index (κ1) is 30.1. The lowest BCUT2D eigenvalue weighted by molar-refractivity contribution is -0.132. The summed E-state index contributed by atoms with van der Waals surface area (Å²) < 4.78 is 0. The van der Waals surface area contributed by atoms with Gasteiger partial charge in [-0.3, -0.25) is 14.4 Å². The second-order valence-electron chi connectivity index (χ2n) is 8.87. The first-order valence-corrected chi connectivity index (χ1v) is 13.9. The fraction of sp³-hybridized carbons (Fsp3) is 0.444. The lowest BCUT2D eigenvalue weighted by Crippen LogP contribution is -2.56. The molecule has 0 spiro atoms. The molecule has 0 saturated carbocycles. The summed E-state index contributed by atoms with van der Waals surface area (Å²) in [7, 11) is 0. The van der Waals surface area contributed by atoms with Gasteiger partial charge in [0.1, 0.15) is 17.8 Å². The molecular formula is C27H39N5O4S. The summed E-state index contributed by atoms with van der Waals surface area (Å²) in [6, 6.07) is 13.5. The Kier molecular flexibility index (Phi) is 13.5. The van der Waals surface area contributed by atoms with Crippen LogP contribution >= 0.6 is 11.8 Å². The van der Waals surface area contributed by atoms with Crippen LogP contribution < -0.4 is 27.4 Å². The third-order valence-electron chi connectivity index (χ3n) is 5.87. The molecule has 0 aliphatic carbocycles. The van der Waals surface area contributed by atoms with Crippen molar-refractivity contribution in [2.75, 3.05) is 18.6 Å². The van der Waals surface area contributed by atoms with Gasteiger partial charge in [0.05, 0.1) is 6.04 Å². The maximum atomic E-state index is 13.3. The molecule has 10 heteroatoms. The van der Waals surface area contributed by atoms with Crippen LogP contribution in [-0.2, 0) is 27.3 Å². The van der Waals surface area contributed by atoms with Crippen molar-refractivity contribution in [2.45, 2.75) is 56.8 Å². The molecule has 0 aromatic heterocycles. The quantitative estimate of drug-likeness (QED) is 0.179. The van der Waals surface area contributed by atoms with E-state index >= 15 is 0 Å².